The molecule has 2 aliphatic heterocycles. The SMILES string of the molecule is CN1CC[C@@]2(CN(Cc3cnn(C)c3)C[C@@H]2c2ccccc2)C1=O. The number of amides is 1. The first kappa shape index (κ1) is 15.4. The number of rotatable bonds is 3. The smallest absolute Gasteiger partial charge is 0.230 e. The summed E-state index contributed by atoms with van der Waals surface area (Å²) >= 11 is 0. The van der Waals surface area contributed by atoms with E-state index in [9.17, 15) is 4.79 Å². The summed E-state index contributed by atoms with van der Waals surface area (Å²) in [6.07, 6.45) is 4.93. The number of carbonyl (C=O) groups is 1. The zero-order chi connectivity index (χ0) is 16.7. The van der Waals surface area contributed by atoms with Gasteiger partial charge in [-0.25, -0.2) is 0 Å². The maximum Gasteiger partial charge on any atom is 0.230 e. The van der Waals surface area contributed by atoms with Crippen LogP contribution in [0.4, 0.5) is 0 Å². The van der Waals surface area contributed by atoms with Crippen molar-refractivity contribution in [3.63, 3.8) is 0 Å². The van der Waals surface area contributed by atoms with Crippen molar-refractivity contribution in [2.45, 2.75) is 18.9 Å². The Labute approximate surface area is 142 Å². The van der Waals surface area contributed by atoms with Crippen molar-refractivity contribution >= 4 is 5.91 Å². The normalized spacial score (nSPS) is 27.5. The van der Waals surface area contributed by atoms with E-state index < -0.39 is 0 Å². The van der Waals surface area contributed by atoms with Gasteiger partial charge < -0.3 is 4.90 Å². The molecule has 2 aliphatic rings. The lowest BCUT2D eigenvalue weighted by Gasteiger charge is -2.28. The second-order valence-corrected chi connectivity index (χ2v) is 7.29. The molecule has 2 atom stereocenters. The van der Waals surface area contributed by atoms with Crippen LogP contribution in [0.2, 0.25) is 0 Å². The monoisotopic (exact) mass is 324 g/mol. The molecule has 2 fully saturated rings. The molecule has 0 radical (unpaired) electrons. The Kier molecular flexibility index (Phi) is 3.68. The largest absolute Gasteiger partial charge is 0.345 e. The van der Waals surface area contributed by atoms with E-state index in [1.54, 1.807) is 0 Å². The van der Waals surface area contributed by atoms with Crippen molar-refractivity contribution in [2.24, 2.45) is 12.5 Å². The third-order valence-electron chi connectivity index (χ3n) is 5.65. The van der Waals surface area contributed by atoms with E-state index in [0.29, 0.717) is 5.91 Å². The summed E-state index contributed by atoms with van der Waals surface area (Å²) in [5.74, 6) is 0.581. The number of nitrogens with zero attached hydrogens (tertiary/aromatic N) is 4. The molecule has 1 spiro atoms. The van der Waals surface area contributed by atoms with Crippen LogP contribution < -0.4 is 0 Å². The molecule has 1 amide bonds. The summed E-state index contributed by atoms with van der Waals surface area (Å²) in [6, 6.07) is 10.5. The van der Waals surface area contributed by atoms with Crippen molar-refractivity contribution < 1.29 is 4.79 Å². The summed E-state index contributed by atoms with van der Waals surface area (Å²) in [7, 11) is 3.88. The Balaban J connectivity index is 1.64. The fourth-order valence-electron chi connectivity index (χ4n) is 4.47. The third-order valence-corrected chi connectivity index (χ3v) is 5.65. The highest BCUT2D eigenvalue weighted by molar-refractivity contribution is 5.86. The van der Waals surface area contributed by atoms with Crippen molar-refractivity contribution in [2.75, 3.05) is 26.7 Å². The molecule has 1 aromatic heterocycles. The number of aryl methyl sites for hydroxylation is 1. The minimum Gasteiger partial charge on any atom is -0.345 e. The number of aromatic nitrogens is 2. The highest BCUT2D eigenvalue weighted by atomic mass is 16.2. The Bertz CT molecular complexity index is 741. The van der Waals surface area contributed by atoms with Gasteiger partial charge in [-0.2, -0.15) is 5.10 Å². The number of hydrogen-bond acceptors (Lipinski definition) is 3. The van der Waals surface area contributed by atoms with Crippen molar-refractivity contribution in [1.29, 1.82) is 0 Å². The average molecular weight is 324 g/mol. The summed E-state index contributed by atoms with van der Waals surface area (Å²) in [5, 5.41) is 4.27. The molecular weight excluding hydrogens is 300 g/mol. The van der Waals surface area contributed by atoms with E-state index in [4.69, 9.17) is 0 Å². The van der Waals surface area contributed by atoms with Crippen LogP contribution in [-0.4, -0.2) is 52.2 Å². The zero-order valence-corrected chi connectivity index (χ0v) is 14.4. The molecule has 0 saturated carbocycles. The van der Waals surface area contributed by atoms with Gasteiger partial charge in [-0.3, -0.25) is 14.4 Å². The van der Waals surface area contributed by atoms with Gasteiger partial charge in [0.05, 0.1) is 11.6 Å². The van der Waals surface area contributed by atoms with Crippen LogP contribution in [0.3, 0.4) is 0 Å². The molecular formula is C19H24N4O. The Morgan fingerprint density at radius 3 is 2.67 bits per heavy atom. The van der Waals surface area contributed by atoms with E-state index in [1.165, 1.54) is 11.1 Å². The fraction of sp³-hybridized carbons (Fsp3) is 0.474. The first-order valence-corrected chi connectivity index (χ1v) is 8.59. The molecule has 0 unspecified atom stereocenters. The van der Waals surface area contributed by atoms with E-state index in [0.717, 1.165) is 32.6 Å². The number of likely N-dealkylation sites (tertiary alicyclic amines) is 2. The van der Waals surface area contributed by atoms with Crippen LogP contribution >= 0.6 is 0 Å². The molecule has 5 nitrogen and oxygen atoms in total. The van der Waals surface area contributed by atoms with Crippen LogP contribution in [0.1, 0.15) is 23.5 Å². The lowest BCUT2D eigenvalue weighted by Crippen LogP contribution is -2.38. The van der Waals surface area contributed by atoms with Gasteiger partial charge in [0, 0.05) is 58.0 Å². The Morgan fingerprint density at radius 2 is 2.04 bits per heavy atom. The minimum absolute atomic E-state index is 0.266. The van der Waals surface area contributed by atoms with E-state index >= 15 is 0 Å². The van der Waals surface area contributed by atoms with Gasteiger partial charge in [0.15, 0.2) is 0 Å². The van der Waals surface area contributed by atoms with Crippen molar-refractivity contribution in [3.05, 3.63) is 53.9 Å². The second-order valence-electron chi connectivity index (χ2n) is 7.29. The highest BCUT2D eigenvalue weighted by Gasteiger charge is 2.56. The Hall–Kier alpha value is -2.14. The van der Waals surface area contributed by atoms with E-state index in [2.05, 4.69) is 40.5 Å². The van der Waals surface area contributed by atoms with Crippen LogP contribution in [0.25, 0.3) is 0 Å². The first-order chi connectivity index (χ1) is 11.6. The van der Waals surface area contributed by atoms with Crippen LogP contribution in [-0.2, 0) is 18.4 Å². The quantitative estimate of drug-likeness (QED) is 0.865. The number of carbonyl (C=O) groups excluding carboxylic acids is 1. The van der Waals surface area contributed by atoms with Crippen LogP contribution in [0.5, 0.6) is 0 Å². The third kappa shape index (κ3) is 2.44. The van der Waals surface area contributed by atoms with Gasteiger partial charge in [0.1, 0.15) is 0 Å². The minimum atomic E-state index is -0.266. The predicted molar refractivity (Wildman–Crippen MR) is 92.4 cm³/mol. The molecule has 0 N–H and O–H groups in total. The van der Waals surface area contributed by atoms with E-state index in [-0.39, 0.29) is 11.3 Å². The lowest BCUT2D eigenvalue weighted by atomic mass is 9.73. The zero-order valence-electron chi connectivity index (χ0n) is 14.4. The maximum atomic E-state index is 13.0. The van der Waals surface area contributed by atoms with Gasteiger partial charge >= 0.3 is 0 Å². The number of hydrogen-bond donors (Lipinski definition) is 0. The molecule has 0 aliphatic carbocycles. The van der Waals surface area contributed by atoms with Gasteiger partial charge in [0.25, 0.3) is 0 Å². The topological polar surface area (TPSA) is 41.4 Å². The molecule has 0 bridgehead atoms. The van der Waals surface area contributed by atoms with Crippen molar-refractivity contribution in [1.82, 2.24) is 19.6 Å². The van der Waals surface area contributed by atoms with E-state index in [1.807, 2.05) is 35.9 Å². The van der Waals surface area contributed by atoms with Gasteiger partial charge in [-0.05, 0) is 12.0 Å². The molecule has 4 rings (SSSR count). The van der Waals surface area contributed by atoms with Gasteiger partial charge in [0.2, 0.25) is 5.91 Å². The predicted octanol–water partition coefficient (Wildman–Crippen LogP) is 1.87. The molecule has 1 aromatic carbocycles. The van der Waals surface area contributed by atoms with Gasteiger partial charge in [-0.15, -0.1) is 0 Å². The molecule has 2 saturated heterocycles. The average Bonchev–Trinajstić information content (AvgIpc) is 3.24. The fourth-order valence-corrected chi connectivity index (χ4v) is 4.47. The summed E-state index contributed by atoms with van der Waals surface area (Å²) in [6.45, 7) is 3.49. The maximum absolute atomic E-state index is 13.0. The second kappa shape index (κ2) is 5.74. The molecule has 5 heteroatoms. The van der Waals surface area contributed by atoms with Crippen LogP contribution in [0, 0.1) is 5.41 Å². The highest BCUT2D eigenvalue weighted by Crippen LogP contribution is 2.49. The molecule has 126 valence electrons. The molecule has 24 heavy (non-hydrogen) atoms. The standard InChI is InChI=1S/C19H24N4O/c1-21-9-8-19(18(21)24)14-23(12-15-10-20-22(2)11-15)13-17(19)16-6-4-3-5-7-16/h3-7,10-11,17H,8-9,12-14H2,1-2H3/t17-,19+/m1/s1. The first-order valence-electron chi connectivity index (χ1n) is 8.59. The number of benzene rings is 1. The Morgan fingerprint density at radius 1 is 1.25 bits per heavy atom. The van der Waals surface area contributed by atoms with Crippen molar-refractivity contribution in [3.8, 4) is 0 Å². The summed E-state index contributed by atoms with van der Waals surface area (Å²) in [5.41, 5.74) is 2.23. The van der Waals surface area contributed by atoms with Crippen LogP contribution in [0.15, 0.2) is 42.7 Å². The molecule has 2 aromatic rings. The summed E-state index contributed by atoms with van der Waals surface area (Å²) < 4.78 is 1.84. The lowest BCUT2D eigenvalue weighted by molar-refractivity contribution is -0.135. The summed E-state index contributed by atoms with van der Waals surface area (Å²) in [4.78, 5) is 17.3. The van der Waals surface area contributed by atoms with Gasteiger partial charge in [-0.1, -0.05) is 30.3 Å². The molecule has 3 heterocycles.